The predicted molar refractivity (Wildman–Crippen MR) is 70.4 cm³/mol. The van der Waals surface area contributed by atoms with Crippen LogP contribution in [0.15, 0.2) is 12.2 Å². The SMILES string of the molecule is C[Si](C)(C)[C@@H]1C(=O)[C@H]2[C@@H]([C@H]1CO)[C@@H]1C=C[C@H]2C1. The van der Waals surface area contributed by atoms with E-state index in [0.717, 1.165) is 6.42 Å². The molecule has 0 aromatic rings. The Morgan fingerprint density at radius 1 is 1.29 bits per heavy atom. The lowest BCUT2D eigenvalue weighted by atomic mass is 9.81. The van der Waals surface area contributed by atoms with E-state index in [-0.39, 0.29) is 24.0 Å². The van der Waals surface area contributed by atoms with Crippen LogP contribution in [0.3, 0.4) is 0 Å². The fourth-order valence-corrected chi connectivity index (χ4v) is 7.44. The molecule has 3 rings (SSSR count). The maximum Gasteiger partial charge on any atom is 0.137 e. The van der Waals surface area contributed by atoms with Gasteiger partial charge in [0.1, 0.15) is 5.78 Å². The average molecular weight is 250 g/mol. The van der Waals surface area contributed by atoms with Gasteiger partial charge in [0.25, 0.3) is 0 Å². The van der Waals surface area contributed by atoms with E-state index < -0.39 is 8.07 Å². The highest BCUT2D eigenvalue weighted by molar-refractivity contribution is 6.80. The van der Waals surface area contributed by atoms with Gasteiger partial charge in [-0.1, -0.05) is 31.8 Å². The van der Waals surface area contributed by atoms with E-state index in [0.29, 0.717) is 23.5 Å². The van der Waals surface area contributed by atoms with E-state index >= 15 is 0 Å². The smallest absolute Gasteiger partial charge is 0.137 e. The molecule has 2 nitrogen and oxygen atoms in total. The van der Waals surface area contributed by atoms with Crippen LogP contribution in [-0.2, 0) is 4.79 Å². The van der Waals surface area contributed by atoms with E-state index in [9.17, 15) is 9.90 Å². The highest BCUT2D eigenvalue weighted by Gasteiger charge is 2.61. The molecular weight excluding hydrogens is 228 g/mol. The summed E-state index contributed by atoms with van der Waals surface area (Å²) in [5, 5.41) is 9.74. The topological polar surface area (TPSA) is 37.3 Å². The summed E-state index contributed by atoms with van der Waals surface area (Å²) in [7, 11) is -1.51. The Labute approximate surface area is 104 Å². The number of carbonyl (C=O) groups is 1. The predicted octanol–water partition coefficient (Wildman–Crippen LogP) is 2.32. The summed E-state index contributed by atoms with van der Waals surface area (Å²) in [5.74, 6) is 2.52. The number of fused-ring (bicyclic) bond motifs is 5. The molecule has 3 heteroatoms. The first-order valence-electron chi connectivity index (χ1n) is 6.78. The van der Waals surface area contributed by atoms with E-state index in [1.165, 1.54) is 0 Å². The molecule has 3 aliphatic carbocycles. The average Bonchev–Trinajstić information content (AvgIpc) is 2.86. The molecule has 6 atom stereocenters. The number of Topliss-reactive ketones (excluding diaryl/α,β-unsaturated/α-hetero) is 1. The molecular formula is C14H22O2Si. The summed E-state index contributed by atoms with van der Waals surface area (Å²) in [6, 6.07) is 0. The summed E-state index contributed by atoms with van der Waals surface area (Å²) in [4.78, 5) is 12.7. The van der Waals surface area contributed by atoms with Gasteiger partial charge in [-0.2, -0.15) is 0 Å². The zero-order valence-electron chi connectivity index (χ0n) is 10.9. The van der Waals surface area contributed by atoms with Gasteiger partial charge in [0, 0.05) is 18.1 Å². The lowest BCUT2D eigenvalue weighted by molar-refractivity contribution is -0.121. The van der Waals surface area contributed by atoms with Crippen molar-refractivity contribution in [3.05, 3.63) is 12.2 Å². The third kappa shape index (κ3) is 1.45. The van der Waals surface area contributed by atoms with Gasteiger partial charge in [-0.15, -0.1) is 0 Å². The molecule has 94 valence electrons. The second-order valence-corrected chi connectivity index (χ2v) is 12.5. The van der Waals surface area contributed by atoms with Crippen LogP contribution in [0.5, 0.6) is 0 Å². The van der Waals surface area contributed by atoms with Crippen molar-refractivity contribution in [2.45, 2.75) is 31.6 Å². The van der Waals surface area contributed by atoms with Gasteiger partial charge in [0.05, 0.1) is 8.07 Å². The molecule has 0 spiro atoms. The summed E-state index contributed by atoms with van der Waals surface area (Å²) in [6.45, 7) is 7.02. The Bertz CT molecular complexity index is 382. The summed E-state index contributed by atoms with van der Waals surface area (Å²) >= 11 is 0. The number of hydrogen-bond donors (Lipinski definition) is 1. The van der Waals surface area contributed by atoms with E-state index in [4.69, 9.17) is 0 Å². The molecule has 0 heterocycles. The van der Waals surface area contributed by atoms with Crippen molar-refractivity contribution in [3.63, 3.8) is 0 Å². The van der Waals surface area contributed by atoms with Crippen LogP contribution < -0.4 is 0 Å². The molecule has 0 unspecified atom stereocenters. The van der Waals surface area contributed by atoms with Gasteiger partial charge in [0.2, 0.25) is 0 Å². The molecule has 0 amide bonds. The fourth-order valence-electron chi connectivity index (χ4n) is 4.78. The van der Waals surface area contributed by atoms with Crippen molar-refractivity contribution >= 4 is 13.9 Å². The number of aliphatic hydroxyl groups excluding tert-OH is 1. The monoisotopic (exact) mass is 250 g/mol. The van der Waals surface area contributed by atoms with Gasteiger partial charge in [-0.05, 0) is 30.1 Å². The third-order valence-electron chi connectivity index (χ3n) is 5.22. The number of aliphatic hydroxyl groups is 1. The van der Waals surface area contributed by atoms with Crippen LogP contribution in [0.2, 0.25) is 25.2 Å². The molecule has 0 radical (unpaired) electrons. The van der Waals surface area contributed by atoms with Gasteiger partial charge in [-0.25, -0.2) is 0 Å². The maximum absolute atomic E-state index is 12.7. The largest absolute Gasteiger partial charge is 0.396 e. The van der Waals surface area contributed by atoms with Gasteiger partial charge >= 0.3 is 0 Å². The first kappa shape index (κ1) is 11.7. The Morgan fingerprint density at radius 2 is 1.94 bits per heavy atom. The van der Waals surface area contributed by atoms with Crippen LogP contribution in [0.1, 0.15) is 6.42 Å². The van der Waals surface area contributed by atoms with Gasteiger partial charge < -0.3 is 5.11 Å². The minimum Gasteiger partial charge on any atom is -0.396 e. The molecule has 0 saturated heterocycles. The van der Waals surface area contributed by atoms with Crippen LogP contribution in [0.25, 0.3) is 0 Å². The number of ketones is 1. The van der Waals surface area contributed by atoms with E-state index in [1.54, 1.807) is 0 Å². The number of hydrogen-bond acceptors (Lipinski definition) is 2. The molecule has 2 fully saturated rings. The maximum atomic E-state index is 12.7. The van der Waals surface area contributed by atoms with Crippen molar-refractivity contribution < 1.29 is 9.90 Å². The highest BCUT2D eigenvalue weighted by Crippen LogP contribution is 2.61. The van der Waals surface area contributed by atoms with Crippen molar-refractivity contribution in [1.82, 2.24) is 0 Å². The second-order valence-electron chi connectivity index (χ2n) is 7.14. The molecule has 17 heavy (non-hydrogen) atoms. The number of allylic oxidation sites excluding steroid dienone is 2. The Kier molecular flexibility index (Phi) is 2.43. The normalized spacial score (nSPS) is 47.9. The molecule has 0 aromatic carbocycles. The molecule has 2 saturated carbocycles. The van der Waals surface area contributed by atoms with Crippen LogP contribution in [0.4, 0.5) is 0 Å². The fraction of sp³-hybridized carbons (Fsp3) is 0.786. The van der Waals surface area contributed by atoms with Crippen LogP contribution >= 0.6 is 0 Å². The van der Waals surface area contributed by atoms with E-state index in [2.05, 4.69) is 31.8 Å². The number of rotatable bonds is 2. The third-order valence-corrected chi connectivity index (χ3v) is 7.80. The van der Waals surface area contributed by atoms with Crippen molar-refractivity contribution in [3.8, 4) is 0 Å². The summed E-state index contributed by atoms with van der Waals surface area (Å²) in [5.41, 5.74) is 0.188. The first-order chi connectivity index (χ1) is 7.95. The quantitative estimate of drug-likeness (QED) is 0.603. The van der Waals surface area contributed by atoms with E-state index in [1.807, 2.05) is 0 Å². The standard InChI is InChI=1S/C14H22O2Si/c1-17(2,3)14-10(7-15)11-8-4-5-9(6-8)12(11)13(14)16/h4-5,8-12,14-15H,6-7H2,1-3H3/t8-,9+,10-,11-,12-,14+/m1/s1. The Balaban J connectivity index is 1.99. The summed E-state index contributed by atoms with van der Waals surface area (Å²) in [6.07, 6.45) is 5.72. The molecule has 0 aliphatic heterocycles. The minimum absolute atomic E-state index is 0.188. The van der Waals surface area contributed by atoms with Crippen LogP contribution in [0, 0.1) is 29.6 Å². The van der Waals surface area contributed by atoms with Crippen molar-refractivity contribution in [2.24, 2.45) is 29.6 Å². The Hall–Kier alpha value is -0.413. The first-order valence-corrected chi connectivity index (χ1v) is 10.4. The minimum atomic E-state index is -1.51. The molecule has 2 bridgehead atoms. The second kappa shape index (κ2) is 3.54. The van der Waals surface area contributed by atoms with Gasteiger partial charge in [-0.3, -0.25) is 4.79 Å². The van der Waals surface area contributed by atoms with Crippen molar-refractivity contribution in [2.75, 3.05) is 6.61 Å². The van der Waals surface area contributed by atoms with Crippen molar-refractivity contribution in [1.29, 1.82) is 0 Å². The molecule has 0 aromatic heterocycles. The van der Waals surface area contributed by atoms with Crippen LogP contribution in [-0.4, -0.2) is 25.6 Å². The summed E-state index contributed by atoms with van der Waals surface area (Å²) < 4.78 is 0. The van der Waals surface area contributed by atoms with Gasteiger partial charge in [0.15, 0.2) is 0 Å². The highest BCUT2D eigenvalue weighted by atomic mass is 28.3. The lowest BCUT2D eigenvalue weighted by Crippen LogP contribution is -2.37. The number of carbonyl (C=O) groups excluding carboxylic acids is 1. The zero-order valence-corrected chi connectivity index (χ0v) is 11.9. The zero-order chi connectivity index (χ0) is 12.4. The molecule has 3 aliphatic rings. The Morgan fingerprint density at radius 3 is 2.53 bits per heavy atom. The lowest BCUT2D eigenvalue weighted by Gasteiger charge is -2.31. The molecule has 1 N–H and O–H groups in total.